The first-order chi connectivity index (χ1) is 10.2. The van der Waals surface area contributed by atoms with Crippen molar-refractivity contribution < 1.29 is 18.0 Å². The molecule has 1 aromatic heterocycles. The molecule has 0 aromatic carbocycles. The maximum atomic E-state index is 12.8. The first-order valence-corrected chi connectivity index (χ1v) is 8.18. The molecule has 9 heteroatoms. The van der Waals surface area contributed by atoms with E-state index in [0.29, 0.717) is 5.69 Å². The van der Waals surface area contributed by atoms with E-state index in [1.165, 1.54) is 39.0 Å². The number of fused-ring (bicyclic) bond motifs is 1. The number of anilines is 2. The lowest BCUT2D eigenvalue weighted by Crippen LogP contribution is -2.54. The van der Waals surface area contributed by atoms with Crippen molar-refractivity contribution >= 4 is 33.3 Å². The van der Waals surface area contributed by atoms with Gasteiger partial charge in [0.05, 0.1) is 5.69 Å². The van der Waals surface area contributed by atoms with Crippen LogP contribution in [0.2, 0.25) is 0 Å². The maximum absolute atomic E-state index is 12.8. The Balaban J connectivity index is 2.54. The molecule has 2 amide bonds. The van der Waals surface area contributed by atoms with Crippen LogP contribution in [0.3, 0.4) is 0 Å². The van der Waals surface area contributed by atoms with Gasteiger partial charge in [-0.05, 0) is 26.0 Å². The number of carbonyl (C=O) groups excluding carboxylic acids is 2. The van der Waals surface area contributed by atoms with Crippen LogP contribution in [0.4, 0.5) is 11.5 Å². The Hall–Kier alpha value is -2.16. The number of amides is 2. The van der Waals surface area contributed by atoms with Crippen LogP contribution < -0.4 is 9.62 Å². The fraction of sp³-hybridized carbons (Fsp3) is 0.462. The number of hydrogen-bond acceptors (Lipinski definition) is 5. The molecule has 8 nitrogen and oxygen atoms in total. The van der Waals surface area contributed by atoms with Crippen molar-refractivity contribution in [3.8, 4) is 0 Å². The molecule has 2 rings (SSSR count). The molecule has 0 bridgehead atoms. The van der Waals surface area contributed by atoms with Gasteiger partial charge in [-0.25, -0.2) is 17.7 Å². The number of rotatable bonds is 3. The van der Waals surface area contributed by atoms with Gasteiger partial charge in [0.15, 0.2) is 11.1 Å². The van der Waals surface area contributed by atoms with E-state index in [9.17, 15) is 18.0 Å². The third-order valence-electron chi connectivity index (χ3n) is 3.49. The molecule has 1 aliphatic rings. The lowest BCUT2D eigenvalue weighted by Gasteiger charge is -2.35. The van der Waals surface area contributed by atoms with E-state index in [-0.39, 0.29) is 5.82 Å². The first-order valence-electron chi connectivity index (χ1n) is 6.68. The van der Waals surface area contributed by atoms with Gasteiger partial charge >= 0.3 is 0 Å². The molecule has 0 saturated heterocycles. The summed E-state index contributed by atoms with van der Waals surface area (Å²) in [6, 6.07) is 2.17. The minimum absolute atomic E-state index is 0.119. The number of aromatic nitrogens is 1. The monoisotopic (exact) mass is 326 g/mol. The molecule has 0 unspecified atom stereocenters. The molecular formula is C13H18N4O4S. The van der Waals surface area contributed by atoms with Crippen LogP contribution in [0.25, 0.3) is 0 Å². The molecule has 0 aliphatic carbocycles. The Morgan fingerprint density at radius 2 is 2.09 bits per heavy atom. The first kappa shape index (κ1) is 16.2. The Morgan fingerprint density at radius 1 is 1.45 bits per heavy atom. The average Bonchev–Trinajstić information content (AvgIpc) is 2.46. The summed E-state index contributed by atoms with van der Waals surface area (Å²) in [5.41, 5.74) is 0.304. The minimum atomic E-state index is -4.08. The Bertz CT molecular complexity index is 717. The van der Waals surface area contributed by atoms with E-state index in [1.54, 1.807) is 12.1 Å². The number of nitrogens with one attached hydrogen (secondary N) is 1. The molecule has 1 aliphatic heterocycles. The highest BCUT2D eigenvalue weighted by Gasteiger charge is 2.43. The quantitative estimate of drug-likeness (QED) is 0.845. The predicted molar refractivity (Wildman–Crippen MR) is 81.9 cm³/mol. The summed E-state index contributed by atoms with van der Waals surface area (Å²) in [6.45, 7) is 2.76. The molecule has 120 valence electrons. The summed E-state index contributed by atoms with van der Waals surface area (Å²) in [5, 5.41) is 1.29. The molecule has 0 fully saturated rings. The standard InChI is InChI=1S/C13H18N4O4S/c1-8-12(18)15-10-6-5-7-14-11(10)17(8)22(20,21)9(2)13(19)16(3)4/h5-9H,1-4H3,(H,15,18)/t8-,9+/m1/s1. The summed E-state index contributed by atoms with van der Waals surface area (Å²) in [6.07, 6.45) is 1.43. The van der Waals surface area contributed by atoms with E-state index in [0.717, 1.165) is 4.31 Å². The normalized spacial score (nSPS) is 19.2. The molecule has 2 atom stereocenters. The zero-order valence-corrected chi connectivity index (χ0v) is 13.6. The van der Waals surface area contributed by atoms with Crippen LogP contribution in [0.15, 0.2) is 18.3 Å². The van der Waals surface area contributed by atoms with Crippen molar-refractivity contribution in [1.29, 1.82) is 0 Å². The molecule has 1 N–H and O–H groups in total. The van der Waals surface area contributed by atoms with E-state index in [4.69, 9.17) is 0 Å². The zero-order chi connectivity index (χ0) is 16.7. The molecule has 0 spiro atoms. The van der Waals surface area contributed by atoms with E-state index < -0.39 is 33.1 Å². The summed E-state index contributed by atoms with van der Waals surface area (Å²) >= 11 is 0. The summed E-state index contributed by atoms with van der Waals surface area (Å²) in [4.78, 5) is 29.3. The second-order valence-electron chi connectivity index (χ2n) is 5.26. The number of nitrogens with zero attached hydrogens (tertiary/aromatic N) is 3. The highest BCUT2D eigenvalue weighted by atomic mass is 32.2. The predicted octanol–water partition coefficient (Wildman–Crippen LogP) is 0.0351. The second kappa shape index (κ2) is 5.56. The maximum Gasteiger partial charge on any atom is 0.248 e. The fourth-order valence-electron chi connectivity index (χ4n) is 2.20. The van der Waals surface area contributed by atoms with Crippen LogP contribution in [0.5, 0.6) is 0 Å². The van der Waals surface area contributed by atoms with Crippen molar-refractivity contribution in [2.45, 2.75) is 25.1 Å². The van der Waals surface area contributed by atoms with Crippen LogP contribution in [-0.2, 0) is 19.6 Å². The second-order valence-corrected chi connectivity index (χ2v) is 7.39. The van der Waals surface area contributed by atoms with Gasteiger partial charge in [0, 0.05) is 20.3 Å². The van der Waals surface area contributed by atoms with Gasteiger partial charge in [-0.2, -0.15) is 0 Å². The van der Waals surface area contributed by atoms with Gasteiger partial charge in [-0.3, -0.25) is 9.59 Å². The highest BCUT2D eigenvalue weighted by molar-refractivity contribution is 7.94. The van der Waals surface area contributed by atoms with Gasteiger partial charge in [-0.15, -0.1) is 0 Å². The van der Waals surface area contributed by atoms with Crippen LogP contribution in [0, 0.1) is 0 Å². The minimum Gasteiger partial charge on any atom is -0.348 e. The largest absolute Gasteiger partial charge is 0.348 e. The number of sulfonamides is 1. The molecular weight excluding hydrogens is 308 g/mol. The zero-order valence-electron chi connectivity index (χ0n) is 12.8. The van der Waals surface area contributed by atoms with Crippen LogP contribution in [0.1, 0.15) is 13.8 Å². The topological polar surface area (TPSA) is 99.7 Å². The van der Waals surface area contributed by atoms with Gasteiger partial charge in [-0.1, -0.05) is 0 Å². The third-order valence-corrected chi connectivity index (χ3v) is 5.63. The smallest absolute Gasteiger partial charge is 0.248 e. The molecule has 0 saturated carbocycles. The highest BCUT2D eigenvalue weighted by Crippen LogP contribution is 2.33. The van der Waals surface area contributed by atoms with Crippen LogP contribution >= 0.6 is 0 Å². The molecule has 2 heterocycles. The lowest BCUT2D eigenvalue weighted by molar-refractivity contribution is -0.128. The van der Waals surface area contributed by atoms with Crippen molar-refractivity contribution in [2.24, 2.45) is 0 Å². The Morgan fingerprint density at radius 3 is 2.68 bits per heavy atom. The van der Waals surface area contributed by atoms with Crippen LogP contribution in [-0.4, -0.2) is 55.5 Å². The summed E-state index contributed by atoms with van der Waals surface area (Å²) in [5.74, 6) is -0.905. The van der Waals surface area contributed by atoms with Crippen molar-refractivity contribution in [2.75, 3.05) is 23.7 Å². The fourth-order valence-corrected chi connectivity index (χ4v) is 3.93. The van der Waals surface area contributed by atoms with Crippen molar-refractivity contribution in [3.63, 3.8) is 0 Å². The molecule has 0 radical (unpaired) electrons. The van der Waals surface area contributed by atoms with Crippen molar-refractivity contribution in [3.05, 3.63) is 18.3 Å². The number of pyridine rings is 1. The number of carbonyl (C=O) groups is 2. The van der Waals surface area contributed by atoms with Gasteiger partial charge in [0.2, 0.25) is 21.8 Å². The van der Waals surface area contributed by atoms with Gasteiger partial charge < -0.3 is 10.2 Å². The average molecular weight is 326 g/mol. The molecule has 22 heavy (non-hydrogen) atoms. The van der Waals surface area contributed by atoms with E-state index in [2.05, 4.69) is 10.3 Å². The van der Waals surface area contributed by atoms with Gasteiger partial charge in [0.1, 0.15) is 6.04 Å². The SMILES string of the molecule is C[C@@H]1C(=O)Nc2cccnc2N1S(=O)(=O)[C@@H](C)C(=O)N(C)C. The van der Waals surface area contributed by atoms with E-state index in [1.807, 2.05) is 0 Å². The van der Waals surface area contributed by atoms with Crippen molar-refractivity contribution in [1.82, 2.24) is 9.88 Å². The Kier molecular flexibility index (Phi) is 4.10. The summed E-state index contributed by atoms with van der Waals surface area (Å²) < 4.78 is 26.5. The number of hydrogen-bond donors (Lipinski definition) is 1. The van der Waals surface area contributed by atoms with Gasteiger partial charge in [0.25, 0.3) is 0 Å². The molecule has 1 aromatic rings. The van der Waals surface area contributed by atoms with E-state index >= 15 is 0 Å². The Labute approximate surface area is 129 Å². The third kappa shape index (κ3) is 2.52. The summed E-state index contributed by atoms with van der Waals surface area (Å²) in [7, 11) is -1.12. The lowest BCUT2D eigenvalue weighted by atomic mass is 10.2.